The van der Waals surface area contributed by atoms with Crippen LogP contribution in [0.25, 0.3) is 0 Å². The van der Waals surface area contributed by atoms with E-state index in [1.54, 1.807) is 0 Å². The van der Waals surface area contributed by atoms with Gasteiger partial charge in [0.2, 0.25) is 0 Å². The maximum atomic E-state index is 12.4. The monoisotopic (exact) mass is 258 g/mol. The highest BCUT2D eigenvalue weighted by Crippen LogP contribution is 2.36. The molecule has 0 aromatic heterocycles. The third-order valence-corrected chi connectivity index (χ3v) is 2.45. The number of halogens is 5. The van der Waals surface area contributed by atoms with E-state index in [1.807, 2.05) is 0 Å². The Morgan fingerprint density at radius 2 is 1.93 bits per heavy atom. The highest BCUT2D eigenvalue weighted by atomic mass is 35.5. The van der Waals surface area contributed by atoms with E-state index in [1.165, 1.54) is 6.07 Å². The molecule has 0 saturated heterocycles. The average Bonchev–Trinajstić information content (AvgIpc) is 2.15. The van der Waals surface area contributed by atoms with Gasteiger partial charge in [-0.25, -0.2) is 0 Å². The van der Waals surface area contributed by atoms with E-state index in [-0.39, 0.29) is 11.4 Å². The van der Waals surface area contributed by atoms with Crippen LogP contribution in [0.2, 0.25) is 5.02 Å². The molecule has 6 heteroatoms. The van der Waals surface area contributed by atoms with Crippen molar-refractivity contribution in [3.05, 3.63) is 34.3 Å². The fraction of sp³-hybridized carbons (Fsp3) is 0.333. The lowest BCUT2D eigenvalue weighted by Gasteiger charge is -2.13. The zero-order valence-electron chi connectivity index (χ0n) is 7.35. The van der Waals surface area contributed by atoms with Crippen molar-refractivity contribution in [1.29, 1.82) is 0 Å². The number of aliphatic hydroxyl groups is 1. The maximum absolute atomic E-state index is 12.4. The van der Waals surface area contributed by atoms with Crippen molar-refractivity contribution in [1.82, 2.24) is 0 Å². The Balaban J connectivity index is 3.17. The number of hydrogen-bond acceptors (Lipinski definition) is 1. The quantitative estimate of drug-likeness (QED) is 0.804. The Kier molecular flexibility index (Phi) is 3.87. The fourth-order valence-electron chi connectivity index (χ4n) is 1.06. The Morgan fingerprint density at radius 3 is 2.40 bits per heavy atom. The van der Waals surface area contributed by atoms with Gasteiger partial charge in [-0.1, -0.05) is 17.7 Å². The predicted molar refractivity (Wildman–Crippen MR) is 52.1 cm³/mol. The van der Waals surface area contributed by atoms with Crippen LogP contribution >= 0.6 is 23.2 Å². The maximum Gasteiger partial charge on any atom is 0.417 e. The normalized spacial score (nSPS) is 14.0. The minimum absolute atomic E-state index is 0.0988. The molecule has 1 aromatic rings. The van der Waals surface area contributed by atoms with Crippen molar-refractivity contribution in [3.63, 3.8) is 0 Å². The number of benzene rings is 1. The molecule has 0 aliphatic rings. The molecule has 1 rings (SSSR count). The first kappa shape index (κ1) is 12.6. The average molecular weight is 259 g/mol. The number of alkyl halides is 4. The summed E-state index contributed by atoms with van der Waals surface area (Å²) in [6, 6.07) is 3.20. The molecule has 0 radical (unpaired) electrons. The predicted octanol–water partition coefficient (Wildman–Crippen LogP) is 3.63. The Morgan fingerprint density at radius 1 is 1.33 bits per heavy atom. The Hall–Kier alpha value is -0.450. The van der Waals surface area contributed by atoms with Crippen LogP contribution in [-0.2, 0) is 6.18 Å². The number of hydrogen-bond donors (Lipinski definition) is 1. The van der Waals surface area contributed by atoms with Gasteiger partial charge in [-0.3, -0.25) is 0 Å². The second kappa shape index (κ2) is 4.60. The zero-order valence-corrected chi connectivity index (χ0v) is 8.87. The van der Waals surface area contributed by atoms with E-state index in [2.05, 4.69) is 0 Å². The van der Waals surface area contributed by atoms with Gasteiger partial charge in [0.25, 0.3) is 0 Å². The SMILES string of the molecule is O[C@H](CCl)c1ccc(Cl)c(C(F)(F)F)c1. The van der Waals surface area contributed by atoms with E-state index in [4.69, 9.17) is 23.2 Å². The smallest absolute Gasteiger partial charge is 0.387 e. The van der Waals surface area contributed by atoms with Crippen LogP contribution in [0, 0.1) is 0 Å². The molecule has 0 spiro atoms. The number of rotatable bonds is 2. The molecule has 0 aliphatic heterocycles. The summed E-state index contributed by atoms with van der Waals surface area (Å²) in [5.41, 5.74) is -0.868. The van der Waals surface area contributed by atoms with Crippen molar-refractivity contribution in [2.45, 2.75) is 12.3 Å². The lowest BCUT2D eigenvalue weighted by molar-refractivity contribution is -0.137. The van der Waals surface area contributed by atoms with Crippen LogP contribution < -0.4 is 0 Å². The van der Waals surface area contributed by atoms with Gasteiger partial charge in [0.05, 0.1) is 22.6 Å². The second-order valence-electron chi connectivity index (χ2n) is 2.91. The number of aliphatic hydroxyl groups excluding tert-OH is 1. The van der Waals surface area contributed by atoms with Crippen LogP contribution in [-0.4, -0.2) is 11.0 Å². The first-order chi connectivity index (χ1) is 6.86. The van der Waals surface area contributed by atoms with Crippen LogP contribution in [0.1, 0.15) is 17.2 Å². The molecule has 1 N–H and O–H groups in total. The summed E-state index contributed by atoms with van der Waals surface area (Å²) in [4.78, 5) is 0. The molecule has 0 heterocycles. The largest absolute Gasteiger partial charge is 0.417 e. The van der Waals surface area contributed by atoms with Crippen LogP contribution in [0.4, 0.5) is 13.2 Å². The fourth-order valence-corrected chi connectivity index (χ4v) is 1.46. The van der Waals surface area contributed by atoms with Gasteiger partial charge < -0.3 is 5.11 Å². The van der Waals surface area contributed by atoms with E-state index in [0.717, 1.165) is 12.1 Å². The minimum atomic E-state index is -4.53. The van der Waals surface area contributed by atoms with E-state index in [9.17, 15) is 18.3 Å². The lowest BCUT2D eigenvalue weighted by Crippen LogP contribution is -2.08. The molecule has 84 valence electrons. The summed E-state index contributed by atoms with van der Waals surface area (Å²) in [6.45, 7) is 0. The van der Waals surface area contributed by atoms with Gasteiger partial charge >= 0.3 is 6.18 Å². The highest BCUT2D eigenvalue weighted by Gasteiger charge is 2.33. The van der Waals surface area contributed by atoms with Gasteiger partial charge in [-0.2, -0.15) is 13.2 Å². The summed E-state index contributed by atoms with van der Waals surface area (Å²) in [6.07, 6.45) is -5.65. The molecular formula is C9H7Cl2F3O. The Labute approximate surface area is 94.4 Å². The molecule has 1 aromatic carbocycles. The topological polar surface area (TPSA) is 20.2 Å². The van der Waals surface area contributed by atoms with E-state index in [0.29, 0.717) is 0 Å². The lowest BCUT2D eigenvalue weighted by atomic mass is 10.1. The third-order valence-electron chi connectivity index (χ3n) is 1.83. The summed E-state index contributed by atoms with van der Waals surface area (Å²) in [5, 5.41) is 8.87. The molecule has 0 saturated carbocycles. The highest BCUT2D eigenvalue weighted by molar-refractivity contribution is 6.31. The first-order valence-electron chi connectivity index (χ1n) is 3.97. The Bertz CT molecular complexity index is 352. The van der Waals surface area contributed by atoms with Gasteiger partial charge in [0.1, 0.15) is 0 Å². The van der Waals surface area contributed by atoms with Crippen molar-refractivity contribution in [2.24, 2.45) is 0 Å². The molecule has 0 aliphatic carbocycles. The second-order valence-corrected chi connectivity index (χ2v) is 3.62. The molecule has 1 atom stereocenters. The molecule has 0 amide bonds. The van der Waals surface area contributed by atoms with Gasteiger partial charge in [0.15, 0.2) is 0 Å². The van der Waals surface area contributed by atoms with E-state index < -0.39 is 22.9 Å². The van der Waals surface area contributed by atoms with Crippen molar-refractivity contribution in [2.75, 3.05) is 5.88 Å². The van der Waals surface area contributed by atoms with Crippen LogP contribution in [0.15, 0.2) is 18.2 Å². The molecule has 0 bridgehead atoms. The minimum Gasteiger partial charge on any atom is -0.387 e. The standard InChI is InChI=1S/C9H7Cl2F3O/c10-4-8(15)5-1-2-7(11)6(3-5)9(12,13)14/h1-3,8,15H,4H2/t8-/m1/s1. The van der Waals surface area contributed by atoms with Gasteiger partial charge in [-0.05, 0) is 17.7 Å². The summed E-state index contributed by atoms with van der Waals surface area (Å²) in [5.74, 6) is -0.168. The zero-order chi connectivity index (χ0) is 11.6. The van der Waals surface area contributed by atoms with Crippen LogP contribution in [0.3, 0.4) is 0 Å². The first-order valence-corrected chi connectivity index (χ1v) is 4.88. The summed E-state index contributed by atoms with van der Waals surface area (Å²) < 4.78 is 37.2. The van der Waals surface area contributed by atoms with Gasteiger partial charge in [-0.15, -0.1) is 11.6 Å². The van der Waals surface area contributed by atoms with Crippen LogP contribution in [0.5, 0.6) is 0 Å². The van der Waals surface area contributed by atoms with Crippen molar-refractivity contribution >= 4 is 23.2 Å². The summed E-state index contributed by atoms with van der Waals surface area (Å²) in [7, 11) is 0. The molecule has 15 heavy (non-hydrogen) atoms. The third kappa shape index (κ3) is 3.00. The van der Waals surface area contributed by atoms with Crippen molar-refractivity contribution in [3.8, 4) is 0 Å². The molecule has 1 nitrogen and oxygen atoms in total. The van der Waals surface area contributed by atoms with Gasteiger partial charge in [0, 0.05) is 0 Å². The van der Waals surface area contributed by atoms with E-state index >= 15 is 0 Å². The molecule has 0 fully saturated rings. The molecular weight excluding hydrogens is 252 g/mol. The molecule has 0 unspecified atom stereocenters. The summed E-state index contributed by atoms with van der Waals surface area (Å²) >= 11 is 10.7. The van der Waals surface area contributed by atoms with Crippen molar-refractivity contribution < 1.29 is 18.3 Å².